The number of hydrogen-bond acceptors (Lipinski definition) is 3. The predicted octanol–water partition coefficient (Wildman–Crippen LogP) is 2.52. The molecule has 2 nitrogen and oxygen atoms in total. The van der Waals surface area contributed by atoms with E-state index < -0.39 is 0 Å². The molecule has 2 rings (SSSR count). The molecule has 1 aromatic carbocycles. The maximum atomic E-state index is 11.5. The topological polar surface area (TPSA) is 37.3 Å². The molecule has 0 atom stereocenters. The van der Waals surface area contributed by atoms with Crippen molar-refractivity contribution in [2.24, 2.45) is 0 Å². The van der Waals surface area contributed by atoms with Crippen LogP contribution in [0.4, 0.5) is 0 Å². The zero-order valence-corrected chi connectivity index (χ0v) is 7.67. The fraction of sp³-hybridized carbons (Fsp3) is 0.100. The van der Waals surface area contributed by atoms with E-state index in [2.05, 4.69) is 0 Å². The van der Waals surface area contributed by atoms with Gasteiger partial charge in [0.25, 0.3) is 0 Å². The molecule has 1 aliphatic heterocycles. The highest BCUT2D eigenvalue weighted by atomic mass is 32.2. The molecule has 0 radical (unpaired) electrons. The van der Waals surface area contributed by atoms with Crippen molar-refractivity contribution in [2.45, 2.75) is 6.42 Å². The van der Waals surface area contributed by atoms with E-state index in [0.717, 1.165) is 29.2 Å². The molecule has 66 valence electrons. The van der Waals surface area contributed by atoms with E-state index in [1.165, 1.54) is 0 Å². The lowest BCUT2D eigenvalue weighted by molar-refractivity contribution is 0.108. The first-order chi connectivity index (χ1) is 6.31. The smallest absolute Gasteiger partial charge is 0.224 e. The van der Waals surface area contributed by atoms with Gasteiger partial charge in [-0.25, -0.2) is 0 Å². The van der Waals surface area contributed by atoms with Gasteiger partial charge in [0, 0.05) is 16.9 Å². The van der Waals surface area contributed by atoms with Crippen LogP contribution in [-0.2, 0) is 6.42 Å². The van der Waals surface area contributed by atoms with Crippen LogP contribution in [0.25, 0.3) is 0 Å². The summed E-state index contributed by atoms with van der Waals surface area (Å²) in [7, 11) is 0. The molecule has 0 saturated heterocycles. The minimum absolute atomic E-state index is 0.0159. The zero-order valence-electron chi connectivity index (χ0n) is 6.86. The Morgan fingerprint density at radius 1 is 1.38 bits per heavy atom. The van der Waals surface area contributed by atoms with Crippen molar-refractivity contribution in [1.82, 2.24) is 0 Å². The van der Waals surface area contributed by atoms with E-state index in [-0.39, 0.29) is 5.12 Å². The summed E-state index contributed by atoms with van der Waals surface area (Å²) in [5.74, 6) is 0. The van der Waals surface area contributed by atoms with Gasteiger partial charge in [-0.05, 0) is 17.3 Å². The van der Waals surface area contributed by atoms with Gasteiger partial charge in [0.15, 0.2) is 0 Å². The zero-order chi connectivity index (χ0) is 9.26. The summed E-state index contributed by atoms with van der Waals surface area (Å²) in [4.78, 5) is 12.2. The number of aliphatic hydroxyl groups excluding tert-OH is 1. The molecule has 0 unspecified atom stereocenters. The van der Waals surface area contributed by atoms with Gasteiger partial charge in [-0.3, -0.25) is 4.79 Å². The largest absolute Gasteiger partial charge is 0.515 e. The molecule has 0 fully saturated rings. The summed E-state index contributed by atoms with van der Waals surface area (Å²) in [6, 6.07) is 7.48. The summed E-state index contributed by atoms with van der Waals surface area (Å²) < 4.78 is 0. The first-order valence-corrected chi connectivity index (χ1v) is 4.76. The molecular formula is C10H8O2S. The van der Waals surface area contributed by atoms with Gasteiger partial charge in [0.1, 0.15) is 0 Å². The number of fused-ring (bicyclic) bond motifs is 1. The van der Waals surface area contributed by atoms with Crippen molar-refractivity contribution in [2.75, 3.05) is 0 Å². The van der Waals surface area contributed by atoms with Gasteiger partial charge in [-0.1, -0.05) is 24.3 Å². The molecule has 1 heterocycles. The standard InChI is InChI=1S/C10H8O2S/c11-6-8-5-7-3-1-2-4-9(7)10(12)13-8/h1-4,6,11H,5H2. The average molecular weight is 192 g/mol. The molecule has 0 aliphatic carbocycles. The lowest BCUT2D eigenvalue weighted by Gasteiger charge is -2.14. The molecule has 1 aliphatic rings. The van der Waals surface area contributed by atoms with E-state index in [9.17, 15) is 4.79 Å². The summed E-state index contributed by atoms with van der Waals surface area (Å²) in [5.41, 5.74) is 1.75. The first-order valence-electron chi connectivity index (χ1n) is 3.94. The minimum Gasteiger partial charge on any atom is -0.515 e. The van der Waals surface area contributed by atoms with Crippen LogP contribution in [0.2, 0.25) is 0 Å². The number of hydrogen-bond donors (Lipinski definition) is 1. The molecule has 0 aromatic heterocycles. The second-order valence-corrected chi connectivity index (χ2v) is 3.92. The Labute approximate surface area is 80.3 Å². The number of carbonyl (C=O) groups is 1. The number of aliphatic hydroxyl groups is 1. The molecule has 3 heteroatoms. The number of carbonyl (C=O) groups excluding carboxylic acids is 1. The summed E-state index contributed by atoms with van der Waals surface area (Å²) in [6.45, 7) is 0. The maximum Gasteiger partial charge on any atom is 0.224 e. The fourth-order valence-electron chi connectivity index (χ4n) is 1.34. The molecule has 0 saturated carbocycles. The Kier molecular flexibility index (Phi) is 2.10. The Hall–Kier alpha value is -1.22. The molecule has 1 aromatic rings. The van der Waals surface area contributed by atoms with Crippen LogP contribution in [0.15, 0.2) is 35.4 Å². The second kappa shape index (κ2) is 3.26. The van der Waals surface area contributed by atoms with Crippen molar-refractivity contribution in [1.29, 1.82) is 0 Å². The fourth-order valence-corrected chi connectivity index (χ4v) is 2.17. The molecule has 0 bridgehead atoms. The average Bonchev–Trinajstić information content (AvgIpc) is 2.18. The molecule has 13 heavy (non-hydrogen) atoms. The number of thioether (sulfide) groups is 1. The van der Waals surface area contributed by atoms with Gasteiger partial charge < -0.3 is 5.11 Å². The molecule has 1 N–H and O–H groups in total. The highest BCUT2D eigenvalue weighted by Gasteiger charge is 2.20. The van der Waals surface area contributed by atoms with Crippen molar-refractivity contribution >= 4 is 16.9 Å². The van der Waals surface area contributed by atoms with Crippen LogP contribution < -0.4 is 0 Å². The molecule has 0 amide bonds. The Balaban J connectivity index is 2.48. The van der Waals surface area contributed by atoms with Gasteiger partial charge >= 0.3 is 0 Å². The quantitative estimate of drug-likeness (QED) is 0.642. The Morgan fingerprint density at radius 3 is 2.92 bits per heavy atom. The van der Waals surface area contributed by atoms with Crippen LogP contribution in [0.3, 0.4) is 0 Å². The minimum atomic E-state index is 0.0159. The Morgan fingerprint density at radius 2 is 2.15 bits per heavy atom. The van der Waals surface area contributed by atoms with Crippen LogP contribution in [0, 0.1) is 0 Å². The second-order valence-electron chi connectivity index (χ2n) is 2.82. The van der Waals surface area contributed by atoms with Crippen LogP contribution in [0.1, 0.15) is 15.9 Å². The predicted molar refractivity (Wildman–Crippen MR) is 52.8 cm³/mol. The third-order valence-corrected chi connectivity index (χ3v) is 2.89. The lowest BCUT2D eigenvalue weighted by Crippen LogP contribution is -2.07. The number of benzene rings is 1. The SMILES string of the molecule is O=C1SC(=CO)Cc2ccccc21. The van der Waals surface area contributed by atoms with Gasteiger partial charge in [-0.2, -0.15) is 0 Å². The van der Waals surface area contributed by atoms with Crippen molar-refractivity contribution in [3.05, 3.63) is 46.6 Å². The van der Waals surface area contributed by atoms with Crippen LogP contribution >= 0.6 is 11.8 Å². The third kappa shape index (κ3) is 1.47. The highest BCUT2D eigenvalue weighted by Crippen LogP contribution is 2.32. The Bertz CT molecular complexity index is 382. The van der Waals surface area contributed by atoms with Crippen molar-refractivity contribution < 1.29 is 9.90 Å². The number of allylic oxidation sites excluding steroid dienone is 1. The monoisotopic (exact) mass is 192 g/mol. The third-order valence-electron chi connectivity index (χ3n) is 1.97. The summed E-state index contributed by atoms with van der Waals surface area (Å²) in [6.07, 6.45) is 1.67. The van der Waals surface area contributed by atoms with E-state index in [4.69, 9.17) is 5.11 Å². The normalized spacial score (nSPS) is 18.8. The van der Waals surface area contributed by atoms with E-state index in [1.54, 1.807) is 0 Å². The summed E-state index contributed by atoms with van der Waals surface area (Å²) >= 11 is 1.10. The highest BCUT2D eigenvalue weighted by molar-refractivity contribution is 8.17. The van der Waals surface area contributed by atoms with Crippen LogP contribution in [0.5, 0.6) is 0 Å². The van der Waals surface area contributed by atoms with Crippen molar-refractivity contribution in [3.8, 4) is 0 Å². The number of rotatable bonds is 0. The van der Waals surface area contributed by atoms with Gasteiger partial charge in [-0.15, -0.1) is 0 Å². The van der Waals surface area contributed by atoms with Crippen LogP contribution in [-0.4, -0.2) is 10.2 Å². The van der Waals surface area contributed by atoms with E-state index in [1.807, 2.05) is 24.3 Å². The lowest BCUT2D eigenvalue weighted by atomic mass is 10.1. The van der Waals surface area contributed by atoms with Gasteiger partial charge in [0.2, 0.25) is 5.12 Å². The van der Waals surface area contributed by atoms with Gasteiger partial charge in [0.05, 0.1) is 6.26 Å². The molecular weight excluding hydrogens is 184 g/mol. The molecule has 0 spiro atoms. The maximum absolute atomic E-state index is 11.5. The van der Waals surface area contributed by atoms with E-state index in [0.29, 0.717) is 11.3 Å². The van der Waals surface area contributed by atoms with Crippen molar-refractivity contribution in [3.63, 3.8) is 0 Å². The first kappa shape index (κ1) is 8.38. The summed E-state index contributed by atoms with van der Waals surface area (Å²) in [5, 5.41) is 8.82. The van der Waals surface area contributed by atoms with E-state index >= 15 is 0 Å².